The Bertz CT molecular complexity index is 608. The smallest absolute Gasteiger partial charge is 0.387 e. The van der Waals surface area contributed by atoms with Gasteiger partial charge in [-0.1, -0.05) is 0 Å². The molecule has 19 heavy (non-hydrogen) atoms. The Kier molecular flexibility index (Phi) is 3.74. The Hall–Kier alpha value is -2.44. The van der Waals surface area contributed by atoms with E-state index >= 15 is 0 Å². The van der Waals surface area contributed by atoms with E-state index in [2.05, 4.69) is 14.9 Å². The fourth-order valence-corrected chi connectivity index (χ4v) is 1.53. The number of nitrogens with zero attached hydrogens (tertiary/aromatic N) is 1. The zero-order chi connectivity index (χ0) is 13.8. The molecule has 0 aliphatic carbocycles. The molecule has 0 spiro atoms. The Morgan fingerprint density at radius 3 is 2.58 bits per heavy atom. The molecule has 2 rings (SSSR count). The topological polar surface area (TPSA) is 64.2 Å². The Morgan fingerprint density at radius 1 is 1.21 bits per heavy atom. The lowest BCUT2D eigenvalue weighted by atomic mass is 10.1. The van der Waals surface area contributed by atoms with Crippen molar-refractivity contribution in [2.45, 2.75) is 6.61 Å². The van der Waals surface area contributed by atoms with Crippen LogP contribution in [0, 0.1) is 0 Å². The molecule has 0 aliphatic heterocycles. The van der Waals surface area contributed by atoms with Gasteiger partial charge in [0.25, 0.3) is 5.56 Å². The average Bonchev–Trinajstić information content (AvgIpc) is 2.39. The monoisotopic (exact) mass is 268 g/mol. The van der Waals surface area contributed by atoms with Crippen molar-refractivity contribution in [3.63, 3.8) is 0 Å². The second-order valence-electron chi connectivity index (χ2n) is 3.55. The fraction of sp³-hybridized carbons (Fsp3) is 0.167. The van der Waals surface area contributed by atoms with Crippen LogP contribution in [0.25, 0.3) is 11.3 Å². The molecule has 1 N–H and O–H groups in total. The van der Waals surface area contributed by atoms with Crippen LogP contribution in [0.3, 0.4) is 0 Å². The molecule has 1 aromatic heterocycles. The summed E-state index contributed by atoms with van der Waals surface area (Å²) in [6.07, 6.45) is 0. The number of hydrogen-bond acceptors (Lipinski definition) is 4. The summed E-state index contributed by atoms with van der Waals surface area (Å²) in [5.41, 5.74) is 0.607. The van der Waals surface area contributed by atoms with Gasteiger partial charge in [0.15, 0.2) is 11.5 Å². The molecule has 0 radical (unpaired) electrons. The first-order valence-electron chi connectivity index (χ1n) is 5.29. The van der Waals surface area contributed by atoms with E-state index in [4.69, 9.17) is 4.74 Å². The van der Waals surface area contributed by atoms with E-state index in [1.54, 1.807) is 6.07 Å². The predicted molar refractivity (Wildman–Crippen MR) is 63.5 cm³/mol. The number of hydrogen-bond donors (Lipinski definition) is 1. The minimum Gasteiger partial charge on any atom is -0.493 e. The lowest BCUT2D eigenvalue weighted by Crippen LogP contribution is -2.06. The van der Waals surface area contributed by atoms with Gasteiger partial charge in [-0.05, 0) is 24.3 Å². The van der Waals surface area contributed by atoms with Gasteiger partial charge in [0.2, 0.25) is 0 Å². The average molecular weight is 268 g/mol. The van der Waals surface area contributed by atoms with Crippen molar-refractivity contribution in [2.24, 2.45) is 0 Å². The summed E-state index contributed by atoms with van der Waals surface area (Å²) < 4.78 is 33.8. The van der Waals surface area contributed by atoms with Gasteiger partial charge in [0.05, 0.1) is 12.8 Å². The van der Waals surface area contributed by atoms with Crippen LogP contribution in [0.4, 0.5) is 8.78 Å². The van der Waals surface area contributed by atoms with E-state index in [-0.39, 0.29) is 17.1 Å². The van der Waals surface area contributed by atoms with E-state index in [1.165, 1.54) is 31.4 Å². The molecule has 0 unspecified atom stereocenters. The molecule has 0 saturated carbocycles. The van der Waals surface area contributed by atoms with Crippen molar-refractivity contribution in [1.82, 2.24) is 10.2 Å². The molecule has 0 fully saturated rings. The number of H-pyrrole nitrogens is 1. The maximum Gasteiger partial charge on any atom is 0.387 e. The maximum absolute atomic E-state index is 12.3. The molecule has 5 nitrogen and oxygen atoms in total. The number of benzene rings is 1. The van der Waals surface area contributed by atoms with Gasteiger partial charge >= 0.3 is 6.61 Å². The zero-order valence-electron chi connectivity index (χ0n) is 9.89. The van der Waals surface area contributed by atoms with Crippen LogP contribution in [0.15, 0.2) is 35.1 Å². The van der Waals surface area contributed by atoms with Crippen LogP contribution < -0.4 is 15.0 Å². The Morgan fingerprint density at radius 2 is 2.00 bits per heavy atom. The molecule has 0 aliphatic rings. The minimum absolute atomic E-state index is 0.0944. The summed E-state index contributed by atoms with van der Waals surface area (Å²) in [7, 11) is 1.35. The van der Waals surface area contributed by atoms with Crippen LogP contribution in [0.1, 0.15) is 0 Å². The standard InChI is InChI=1S/C12H10F2N2O3/c1-18-9-4-2-7(6-10(9)19-12(13)14)8-3-5-11(17)16-15-8/h2-6,12H,1H3,(H,16,17). The molecule has 2 aromatic rings. The van der Waals surface area contributed by atoms with E-state index in [1.807, 2.05) is 0 Å². The fourth-order valence-electron chi connectivity index (χ4n) is 1.53. The van der Waals surface area contributed by atoms with Crippen LogP contribution in [0.2, 0.25) is 0 Å². The molecule has 0 saturated heterocycles. The molecule has 0 atom stereocenters. The number of aromatic nitrogens is 2. The lowest BCUT2D eigenvalue weighted by molar-refractivity contribution is -0.0511. The van der Waals surface area contributed by atoms with Crippen LogP contribution in [-0.4, -0.2) is 23.9 Å². The first-order chi connectivity index (χ1) is 9.10. The predicted octanol–water partition coefficient (Wildman–Crippen LogP) is 2.05. The van der Waals surface area contributed by atoms with Crippen molar-refractivity contribution in [3.8, 4) is 22.8 Å². The number of nitrogens with one attached hydrogen (secondary N) is 1. The highest BCUT2D eigenvalue weighted by atomic mass is 19.3. The molecule has 0 amide bonds. The maximum atomic E-state index is 12.3. The normalized spacial score (nSPS) is 10.5. The van der Waals surface area contributed by atoms with Gasteiger partial charge in [-0.25, -0.2) is 5.10 Å². The number of ether oxygens (including phenoxy) is 2. The number of halogens is 2. The summed E-state index contributed by atoms with van der Waals surface area (Å²) in [5.74, 6) is 0.0940. The highest BCUT2D eigenvalue weighted by molar-refractivity contribution is 5.63. The van der Waals surface area contributed by atoms with Crippen molar-refractivity contribution < 1.29 is 18.3 Å². The SMILES string of the molecule is COc1ccc(-c2ccc(=O)[nH]n2)cc1OC(F)F. The molecule has 1 aromatic carbocycles. The van der Waals surface area contributed by atoms with Gasteiger partial charge < -0.3 is 9.47 Å². The highest BCUT2D eigenvalue weighted by Gasteiger charge is 2.12. The molecular formula is C12H10F2N2O3. The van der Waals surface area contributed by atoms with Crippen molar-refractivity contribution in [3.05, 3.63) is 40.7 Å². The quantitative estimate of drug-likeness (QED) is 0.921. The second-order valence-corrected chi connectivity index (χ2v) is 3.55. The lowest BCUT2D eigenvalue weighted by Gasteiger charge is -2.11. The van der Waals surface area contributed by atoms with Crippen molar-refractivity contribution >= 4 is 0 Å². The molecule has 100 valence electrons. The van der Waals surface area contributed by atoms with E-state index in [0.717, 1.165) is 0 Å². The molecule has 7 heteroatoms. The molecule has 1 heterocycles. The first-order valence-corrected chi connectivity index (χ1v) is 5.29. The van der Waals surface area contributed by atoms with Gasteiger partial charge in [0, 0.05) is 11.6 Å². The Balaban J connectivity index is 2.42. The van der Waals surface area contributed by atoms with Gasteiger partial charge in [-0.2, -0.15) is 13.9 Å². The number of alkyl halides is 2. The first kappa shape index (κ1) is 13.0. The minimum atomic E-state index is -2.95. The van der Waals surface area contributed by atoms with Crippen molar-refractivity contribution in [1.29, 1.82) is 0 Å². The second kappa shape index (κ2) is 5.47. The van der Waals surface area contributed by atoms with Crippen molar-refractivity contribution in [2.75, 3.05) is 7.11 Å². The number of aromatic amines is 1. The molecular weight excluding hydrogens is 258 g/mol. The summed E-state index contributed by atoms with van der Waals surface area (Å²) in [6, 6.07) is 7.25. The summed E-state index contributed by atoms with van der Waals surface area (Å²) >= 11 is 0. The van der Waals surface area contributed by atoms with Crippen LogP contribution >= 0.6 is 0 Å². The van der Waals surface area contributed by atoms with Crippen LogP contribution in [0.5, 0.6) is 11.5 Å². The third-order valence-electron chi connectivity index (χ3n) is 2.35. The van der Waals surface area contributed by atoms with Gasteiger partial charge in [-0.3, -0.25) is 4.79 Å². The third kappa shape index (κ3) is 3.06. The molecule has 0 bridgehead atoms. The summed E-state index contributed by atoms with van der Waals surface area (Å²) in [5, 5.41) is 6.06. The Labute approximate surface area is 106 Å². The number of methoxy groups -OCH3 is 1. The zero-order valence-corrected chi connectivity index (χ0v) is 9.89. The third-order valence-corrected chi connectivity index (χ3v) is 2.35. The number of rotatable bonds is 4. The van der Waals surface area contributed by atoms with Crippen LogP contribution in [-0.2, 0) is 0 Å². The summed E-state index contributed by atoms with van der Waals surface area (Å²) in [6.45, 7) is -2.95. The summed E-state index contributed by atoms with van der Waals surface area (Å²) in [4.78, 5) is 10.9. The largest absolute Gasteiger partial charge is 0.493 e. The van der Waals surface area contributed by atoms with E-state index in [9.17, 15) is 13.6 Å². The van der Waals surface area contributed by atoms with E-state index in [0.29, 0.717) is 11.3 Å². The van der Waals surface area contributed by atoms with Gasteiger partial charge in [0.1, 0.15) is 0 Å². The van der Waals surface area contributed by atoms with Gasteiger partial charge in [-0.15, -0.1) is 0 Å². The highest BCUT2D eigenvalue weighted by Crippen LogP contribution is 2.32. The van der Waals surface area contributed by atoms with E-state index < -0.39 is 6.61 Å².